The lowest BCUT2D eigenvalue weighted by molar-refractivity contribution is -0.122. The lowest BCUT2D eigenvalue weighted by atomic mass is 9.85. The van der Waals surface area contributed by atoms with Crippen LogP contribution in [0.4, 0.5) is 5.69 Å². The lowest BCUT2D eigenvalue weighted by Crippen LogP contribution is -2.43. The van der Waals surface area contributed by atoms with Crippen molar-refractivity contribution >= 4 is 27.5 Å². The predicted molar refractivity (Wildman–Crippen MR) is 83.2 cm³/mol. The van der Waals surface area contributed by atoms with E-state index >= 15 is 0 Å². The highest BCUT2D eigenvalue weighted by molar-refractivity contribution is 9.10. The minimum Gasteiger partial charge on any atom is -0.375 e. The maximum atomic E-state index is 12.5. The van der Waals surface area contributed by atoms with Crippen LogP contribution in [0, 0.1) is 5.92 Å². The third-order valence-corrected chi connectivity index (χ3v) is 4.87. The molecule has 2 fully saturated rings. The van der Waals surface area contributed by atoms with Gasteiger partial charge < -0.3 is 10.6 Å². The molecule has 114 valence electrons. The Labute approximate surface area is 131 Å². The molecule has 1 aliphatic heterocycles. The van der Waals surface area contributed by atoms with E-state index in [0.717, 1.165) is 6.42 Å². The summed E-state index contributed by atoms with van der Waals surface area (Å²) in [5.41, 5.74) is 0.457. The van der Waals surface area contributed by atoms with E-state index in [1.807, 2.05) is 0 Å². The summed E-state index contributed by atoms with van der Waals surface area (Å²) in [6.07, 6.45) is 6.52. The molecule has 1 aromatic rings. The Hall–Kier alpha value is -1.37. The molecule has 1 saturated heterocycles. The number of carbonyl (C=O) groups is 1. The summed E-state index contributed by atoms with van der Waals surface area (Å²) in [5.74, 6) is 0.655. The van der Waals surface area contributed by atoms with Crippen molar-refractivity contribution in [1.82, 2.24) is 15.1 Å². The van der Waals surface area contributed by atoms with Gasteiger partial charge in [0, 0.05) is 25.6 Å². The average Bonchev–Trinajstić information content (AvgIpc) is 2.43. The van der Waals surface area contributed by atoms with E-state index in [0.29, 0.717) is 35.6 Å². The summed E-state index contributed by atoms with van der Waals surface area (Å²) in [4.78, 5) is 23.7. The fourth-order valence-electron chi connectivity index (χ4n) is 2.71. The van der Waals surface area contributed by atoms with E-state index in [-0.39, 0.29) is 17.5 Å². The molecular weight excluding hydrogens is 336 g/mol. The van der Waals surface area contributed by atoms with Gasteiger partial charge in [-0.15, -0.1) is 0 Å². The highest BCUT2D eigenvalue weighted by Crippen LogP contribution is 2.27. The second-order valence-corrected chi connectivity index (χ2v) is 6.69. The monoisotopic (exact) mass is 354 g/mol. The number of anilines is 1. The molecular formula is C14H19BrN4O2. The minimum atomic E-state index is -0.0897. The number of aromatic nitrogens is 2. The Bertz CT molecular complexity index is 587. The van der Waals surface area contributed by atoms with Crippen LogP contribution in [-0.2, 0) is 11.3 Å². The van der Waals surface area contributed by atoms with Crippen molar-refractivity contribution in [3.8, 4) is 0 Å². The number of carbonyl (C=O) groups excluding carboxylic acids is 1. The first-order chi connectivity index (χ1) is 10.1. The second kappa shape index (κ2) is 6.17. The predicted octanol–water partition coefficient (Wildman–Crippen LogP) is 1.50. The van der Waals surface area contributed by atoms with Gasteiger partial charge >= 0.3 is 0 Å². The zero-order valence-corrected chi connectivity index (χ0v) is 13.4. The van der Waals surface area contributed by atoms with Crippen LogP contribution in [0.25, 0.3) is 0 Å². The first-order valence-corrected chi connectivity index (χ1v) is 8.21. The van der Waals surface area contributed by atoms with Gasteiger partial charge in [0.1, 0.15) is 5.69 Å². The van der Waals surface area contributed by atoms with Crippen molar-refractivity contribution in [3.05, 3.63) is 21.0 Å². The number of nitrogens with one attached hydrogen (secondary N) is 2. The summed E-state index contributed by atoms with van der Waals surface area (Å²) >= 11 is 3.39. The molecule has 0 radical (unpaired) electrons. The maximum absolute atomic E-state index is 12.5. The molecule has 1 amide bonds. The number of halogens is 1. The Kier molecular flexibility index (Phi) is 4.28. The highest BCUT2D eigenvalue weighted by atomic mass is 79.9. The summed E-state index contributed by atoms with van der Waals surface area (Å²) in [7, 11) is 0. The van der Waals surface area contributed by atoms with Crippen LogP contribution < -0.4 is 16.2 Å². The number of hydrogen-bond acceptors (Lipinski definition) is 4. The molecule has 1 saturated carbocycles. The van der Waals surface area contributed by atoms with Crippen molar-refractivity contribution in [2.45, 2.75) is 44.7 Å². The van der Waals surface area contributed by atoms with Crippen LogP contribution in [0.15, 0.2) is 15.5 Å². The van der Waals surface area contributed by atoms with Gasteiger partial charge in [0.25, 0.3) is 5.56 Å². The zero-order valence-electron chi connectivity index (χ0n) is 11.8. The summed E-state index contributed by atoms with van der Waals surface area (Å²) < 4.78 is 2.23. The first-order valence-electron chi connectivity index (χ1n) is 7.42. The Morgan fingerprint density at radius 3 is 2.81 bits per heavy atom. The van der Waals surface area contributed by atoms with E-state index in [2.05, 4.69) is 31.7 Å². The quantitative estimate of drug-likeness (QED) is 0.858. The molecule has 0 spiro atoms. The van der Waals surface area contributed by atoms with E-state index in [1.165, 1.54) is 19.3 Å². The number of hydrogen-bond donors (Lipinski definition) is 2. The van der Waals surface area contributed by atoms with Crippen molar-refractivity contribution in [1.29, 1.82) is 0 Å². The molecule has 2 N–H and O–H groups in total. The molecule has 1 aliphatic carbocycles. The molecule has 6 nitrogen and oxygen atoms in total. The van der Waals surface area contributed by atoms with Crippen molar-refractivity contribution in [2.75, 3.05) is 11.9 Å². The van der Waals surface area contributed by atoms with Crippen molar-refractivity contribution in [2.24, 2.45) is 5.92 Å². The van der Waals surface area contributed by atoms with Crippen LogP contribution in [0.2, 0.25) is 0 Å². The van der Waals surface area contributed by atoms with Gasteiger partial charge in [0.15, 0.2) is 0 Å². The number of nitrogens with zero attached hydrogens (tertiary/aromatic N) is 2. The zero-order chi connectivity index (χ0) is 14.8. The van der Waals surface area contributed by atoms with Crippen molar-refractivity contribution in [3.63, 3.8) is 0 Å². The van der Waals surface area contributed by atoms with Crippen molar-refractivity contribution < 1.29 is 4.79 Å². The molecule has 1 atom stereocenters. The molecule has 0 bridgehead atoms. The molecule has 2 aliphatic rings. The molecule has 2 heterocycles. The van der Waals surface area contributed by atoms with Gasteiger partial charge in [-0.1, -0.05) is 6.42 Å². The van der Waals surface area contributed by atoms with Crippen LogP contribution in [0.1, 0.15) is 32.1 Å². The molecule has 7 heteroatoms. The molecule has 0 aromatic carbocycles. The molecule has 21 heavy (non-hydrogen) atoms. The third kappa shape index (κ3) is 3.28. The van der Waals surface area contributed by atoms with Crippen LogP contribution in [-0.4, -0.2) is 28.3 Å². The topological polar surface area (TPSA) is 76.0 Å². The van der Waals surface area contributed by atoms with Gasteiger partial charge in [-0.2, -0.15) is 5.10 Å². The van der Waals surface area contributed by atoms with Gasteiger partial charge in [-0.3, -0.25) is 9.59 Å². The highest BCUT2D eigenvalue weighted by Gasteiger charge is 2.22. The lowest BCUT2D eigenvalue weighted by Gasteiger charge is -2.27. The molecule has 3 rings (SSSR count). The van der Waals surface area contributed by atoms with E-state index in [1.54, 1.807) is 10.9 Å². The normalized spacial score (nSPS) is 22.5. The SMILES string of the molecule is O=C1CCC(Nc2c(Br)cnn(CC3CCC3)c2=O)CN1. The Morgan fingerprint density at radius 2 is 2.19 bits per heavy atom. The first kappa shape index (κ1) is 14.6. The van der Waals surface area contributed by atoms with Gasteiger partial charge in [0.05, 0.1) is 10.7 Å². The fraction of sp³-hybridized carbons (Fsp3) is 0.643. The fourth-order valence-corrected chi connectivity index (χ4v) is 3.09. The van der Waals surface area contributed by atoms with Crippen LogP contribution in [0.5, 0.6) is 0 Å². The van der Waals surface area contributed by atoms with E-state index < -0.39 is 0 Å². The molecule has 1 aromatic heterocycles. The minimum absolute atomic E-state index is 0.0734. The van der Waals surface area contributed by atoms with Gasteiger partial charge in [0.2, 0.25) is 5.91 Å². The van der Waals surface area contributed by atoms with Crippen LogP contribution in [0.3, 0.4) is 0 Å². The second-order valence-electron chi connectivity index (χ2n) is 5.84. The Morgan fingerprint density at radius 1 is 1.38 bits per heavy atom. The third-order valence-electron chi connectivity index (χ3n) is 4.27. The summed E-state index contributed by atoms with van der Waals surface area (Å²) in [6, 6.07) is 0.0891. The smallest absolute Gasteiger partial charge is 0.291 e. The van der Waals surface area contributed by atoms with E-state index in [4.69, 9.17) is 0 Å². The van der Waals surface area contributed by atoms with Gasteiger partial charge in [-0.25, -0.2) is 4.68 Å². The summed E-state index contributed by atoms with van der Waals surface area (Å²) in [6.45, 7) is 1.25. The standard InChI is InChI=1S/C14H19BrN4O2/c15-11-7-17-19(8-9-2-1-3-9)14(21)13(11)18-10-4-5-12(20)16-6-10/h7,9-10,18H,1-6,8H2,(H,16,20). The number of amides is 1. The largest absolute Gasteiger partial charge is 0.375 e. The Balaban J connectivity index is 1.75. The van der Waals surface area contributed by atoms with E-state index in [9.17, 15) is 9.59 Å². The average molecular weight is 355 g/mol. The summed E-state index contributed by atoms with van der Waals surface area (Å²) in [5, 5.41) is 10.3. The van der Waals surface area contributed by atoms with Crippen LogP contribution >= 0.6 is 15.9 Å². The molecule has 1 unspecified atom stereocenters. The maximum Gasteiger partial charge on any atom is 0.291 e. The van der Waals surface area contributed by atoms with Gasteiger partial charge in [-0.05, 0) is 41.1 Å². The number of rotatable bonds is 4. The number of piperidine rings is 1.